The Balaban J connectivity index is 1.33. The van der Waals surface area contributed by atoms with E-state index in [1.54, 1.807) is 6.08 Å². The lowest BCUT2D eigenvalue weighted by atomic mass is 10.1. The minimum atomic E-state index is -1.62. The highest BCUT2D eigenvalue weighted by Crippen LogP contribution is 2.54. The van der Waals surface area contributed by atoms with Crippen LogP contribution in [-0.2, 0) is 18.5 Å². The normalized spacial score (nSPS) is 26.2. The number of aromatic amines is 1. The van der Waals surface area contributed by atoms with Crippen LogP contribution in [0.5, 0.6) is 0 Å². The van der Waals surface area contributed by atoms with E-state index in [4.69, 9.17) is 25.2 Å². The number of nitrogens with zero attached hydrogens (tertiary/aromatic N) is 3. The molecule has 258 valence electrons. The second kappa shape index (κ2) is 17.9. The third-order valence-corrected chi connectivity index (χ3v) is 10.9. The van der Waals surface area contributed by atoms with E-state index in [2.05, 4.69) is 38.0 Å². The van der Waals surface area contributed by atoms with Gasteiger partial charge in [0.15, 0.2) is 0 Å². The molecule has 2 heterocycles. The monoisotopic (exact) mass is 674 g/mol. The lowest BCUT2D eigenvalue weighted by Gasteiger charge is -2.37. The van der Waals surface area contributed by atoms with Crippen LogP contribution >= 0.6 is 8.53 Å². The maximum Gasteiger partial charge on any atom is 0.407 e. The summed E-state index contributed by atoms with van der Waals surface area (Å²) in [7, 11) is -1.62. The van der Waals surface area contributed by atoms with E-state index >= 15 is 0 Å². The van der Waals surface area contributed by atoms with Gasteiger partial charge in [-0.25, -0.2) is 14.3 Å². The van der Waals surface area contributed by atoms with Gasteiger partial charge >= 0.3 is 11.8 Å². The number of fused-ring (bicyclic) bond motifs is 1. The van der Waals surface area contributed by atoms with Crippen LogP contribution in [0.25, 0.3) is 6.08 Å². The van der Waals surface area contributed by atoms with Gasteiger partial charge in [0.05, 0.1) is 44.0 Å². The third-order valence-electron chi connectivity index (χ3n) is 8.72. The van der Waals surface area contributed by atoms with Gasteiger partial charge in [0.25, 0.3) is 14.1 Å². The van der Waals surface area contributed by atoms with Crippen molar-refractivity contribution in [2.75, 3.05) is 26.4 Å². The molecule has 1 aromatic heterocycles. The average molecular weight is 675 g/mol. The van der Waals surface area contributed by atoms with Crippen LogP contribution in [0, 0.1) is 40.9 Å². The van der Waals surface area contributed by atoms with Crippen LogP contribution in [0.3, 0.4) is 0 Å². The molecule has 47 heavy (non-hydrogen) atoms. The number of rotatable bonds is 17. The van der Waals surface area contributed by atoms with E-state index < -0.39 is 44.3 Å². The van der Waals surface area contributed by atoms with Gasteiger partial charge in [-0.05, 0) is 64.7 Å². The molecule has 0 radical (unpaired) electrons. The first-order valence-corrected chi connectivity index (χ1v) is 17.6. The zero-order chi connectivity index (χ0) is 34.6. The molecule has 1 saturated heterocycles. The van der Waals surface area contributed by atoms with E-state index in [0.717, 1.165) is 32.1 Å². The second-order valence-corrected chi connectivity index (χ2v) is 14.0. The summed E-state index contributed by atoms with van der Waals surface area (Å²) in [6.45, 7) is 8.65. The summed E-state index contributed by atoms with van der Waals surface area (Å²) >= 11 is 0. The summed E-state index contributed by atoms with van der Waals surface area (Å²) in [6.07, 6.45) is 7.28. The summed E-state index contributed by atoms with van der Waals surface area (Å²) in [6, 6.07) is 2.23. The average Bonchev–Trinajstić information content (AvgIpc) is 3.48. The molecule has 4 rings (SSSR count). The molecule has 0 bridgehead atoms. The number of H-pyrrole nitrogens is 1. The summed E-state index contributed by atoms with van der Waals surface area (Å²) in [5.41, 5.74) is -1.07. The number of carbonyl (C=O) groups excluding carboxylic acids is 1. The van der Waals surface area contributed by atoms with Gasteiger partial charge in [0.2, 0.25) is 1.43 Å². The molecule has 14 heteroatoms. The van der Waals surface area contributed by atoms with Gasteiger partial charge in [-0.3, -0.25) is 14.3 Å². The quantitative estimate of drug-likeness (QED) is 0.125. The summed E-state index contributed by atoms with van der Waals surface area (Å²) in [5, 5.41) is 16.3. The Labute approximate surface area is 279 Å². The Morgan fingerprint density at radius 3 is 2.66 bits per heavy atom. The van der Waals surface area contributed by atoms with E-state index in [-0.39, 0.29) is 50.2 Å². The van der Waals surface area contributed by atoms with Gasteiger partial charge < -0.3 is 28.9 Å². The van der Waals surface area contributed by atoms with Crippen LogP contribution in [0.4, 0.5) is 4.79 Å². The van der Waals surface area contributed by atoms with Gasteiger partial charge in [0, 0.05) is 44.1 Å². The molecule has 0 aromatic carbocycles. The van der Waals surface area contributed by atoms with Crippen molar-refractivity contribution in [2.45, 2.75) is 103 Å². The van der Waals surface area contributed by atoms with Crippen LogP contribution in [-0.4, -0.2) is 77.5 Å². The van der Waals surface area contributed by atoms with Gasteiger partial charge in [-0.15, -0.1) is 11.8 Å². The van der Waals surface area contributed by atoms with Gasteiger partial charge in [-0.1, -0.05) is 12.2 Å². The number of aromatic nitrogens is 2. The number of ether oxygens (including phenoxy) is 2. The number of alkyl carbamates (subject to hydrolysis) is 1. The minimum absolute atomic E-state index is 0.0759. The van der Waals surface area contributed by atoms with Crippen LogP contribution < -0.4 is 16.6 Å². The second-order valence-electron chi connectivity index (χ2n) is 12.6. The van der Waals surface area contributed by atoms with Crippen LogP contribution in [0.15, 0.2) is 21.9 Å². The molecule has 1 saturated carbocycles. The zero-order valence-corrected chi connectivity index (χ0v) is 28.6. The minimum Gasteiger partial charge on any atom is -0.450 e. The molecule has 3 aliphatic rings. The Morgan fingerprint density at radius 2 is 2.00 bits per heavy atom. The lowest BCUT2D eigenvalue weighted by Crippen LogP contribution is -2.36. The Hall–Kier alpha value is -3.03. The fourth-order valence-corrected chi connectivity index (χ4v) is 8.26. The first-order valence-electron chi connectivity index (χ1n) is 16.9. The fourth-order valence-electron chi connectivity index (χ4n) is 6.51. The predicted octanol–water partition coefficient (Wildman–Crippen LogP) is 4.05. The molecule has 2 fully saturated rings. The molecular formula is C33H48N5O8P. The molecule has 2 unspecified atom stereocenters. The van der Waals surface area contributed by atoms with E-state index in [1.807, 2.05) is 27.7 Å². The van der Waals surface area contributed by atoms with Gasteiger partial charge in [0.1, 0.15) is 12.3 Å². The van der Waals surface area contributed by atoms with Crippen LogP contribution in [0.1, 0.15) is 84.4 Å². The largest absolute Gasteiger partial charge is 0.450 e. The molecule has 0 spiro atoms. The Bertz CT molecular complexity index is 1440. The SMILES string of the molecule is [2H]OC[C@H]1O[C@@H](n2cc(/C=C/CNC(=O)OCC[C@H]3[C@@H]4CCC#CCC[C@@H]43)c(=O)[nH]c2=O)CC1OP(OCCC#N)N(C(C)C)C(C)C. The van der Waals surface area contributed by atoms with Crippen molar-refractivity contribution in [3.8, 4) is 17.9 Å². The van der Waals surface area contributed by atoms with Crippen molar-refractivity contribution in [3.05, 3.63) is 38.7 Å². The predicted molar refractivity (Wildman–Crippen MR) is 177 cm³/mol. The van der Waals surface area contributed by atoms with E-state index in [1.165, 1.54) is 16.8 Å². The lowest BCUT2D eigenvalue weighted by molar-refractivity contribution is -0.0439. The molecular weight excluding hydrogens is 625 g/mol. The number of aliphatic hydroxyl groups is 1. The van der Waals surface area contributed by atoms with Crippen molar-refractivity contribution in [1.29, 1.82) is 6.69 Å². The highest BCUT2D eigenvalue weighted by molar-refractivity contribution is 7.44. The molecule has 2 aliphatic carbocycles. The molecule has 13 nitrogen and oxygen atoms in total. The molecule has 3 N–H and O–H groups in total. The van der Waals surface area contributed by atoms with Crippen LogP contribution in [0.2, 0.25) is 0 Å². The van der Waals surface area contributed by atoms with Crippen molar-refractivity contribution in [3.63, 3.8) is 0 Å². The number of carbonyl (C=O) groups is 1. The van der Waals surface area contributed by atoms with Crippen molar-refractivity contribution >= 4 is 20.7 Å². The van der Waals surface area contributed by atoms with E-state index in [9.17, 15) is 14.4 Å². The van der Waals surface area contributed by atoms with E-state index in [0.29, 0.717) is 24.4 Å². The maximum absolute atomic E-state index is 12.9. The Kier molecular flexibility index (Phi) is 13.5. The number of nitrogens with one attached hydrogen (secondary N) is 2. The topological polar surface area (TPSA) is 168 Å². The smallest absolute Gasteiger partial charge is 0.407 e. The van der Waals surface area contributed by atoms with Crippen molar-refractivity contribution < 1.29 is 28.4 Å². The molecule has 1 aliphatic heterocycles. The first kappa shape index (κ1) is 35.3. The molecule has 7 atom stereocenters. The van der Waals surface area contributed by atoms with Gasteiger partial charge in [-0.2, -0.15) is 5.26 Å². The highest BCUT2D eigenvalue weighted by Gasteiger charge is 2.48. The number of hydrogen-bond donors (Lipinski definition) is 3. The molecule has 1 aromatic rings. The molecule has 1 amide bonds. The summed E-state index contributed by atoms with van der Waals surface area (Å²) in [4.78, 5) is 40.0. The number of amides is 1. The maximum atomic E-state index is 12.9. The first-order chi connectivity index (χ1) is 23.1. The number of nitriles is 1. The third kappa shape index (κ3) is 10.2. The van der Waals surface area contributed by atoms with Crippen molar-refractivity contribution in [2.24, 2.45) is 17.8 Å². The fraction of sp³-hybridized carbons (Fsp3) is 0.697. The summed E-state index contributed by atoms with van der Waals surface area (Å²) < 4.78 is 34.6. The summed E-state index contributed by atoms with van der Waals surface area (Å²) in [5.74, 6) is 8.42. The standard InChI is InChI=1S/C33H48N5O8P/c1-22(2)38(23(3)4)47(44-17-10-15-34)46-28-19-30(45-29(28)21-39)37-20-24(31(40)36-32(37)41)11-9-16-35-33(42)43-18-14-27-25-12-7-5-6-8-13-26(25)27/h9,11,20,22-23,25-30,39H,7-8,10,12-14,16-19,21H2,1-4H3,(H,35,42)(H,36,40,41)/b11-9+/t25-,26+,27+,28?,29-,30-,47?/m1/s1/i39D. The number of aliphatic hydroxyl groups excluding tert-OH is 1. The zero-order valence-electron chi connectivity index (χ0n) is 28.7. The van der Waals surface area contributed by atoms with Crippen molar-refractivity contribution in [1.82, 2.24) is 19.5 Å². The number of hydrogen-bond acceptors (Lipinski definition) is 10. The highest BCUT2D eigenvalue weighted by atomic mass is 31.2. The Morgan fingerprint density at radius 1 is 1.28 bits per heavy atom.